The third kappa shape index (κ3) is 5.77. The van der Waals surface area contributed by atoms with Crippen LogP contribution < -0.4 is 5.32 Å². The predicted octanol–water partition coefficient (Wildman–Crippen LogP) is 7.62. The van der Waals surface area contributed by atoms with E-state index in [0.717, 1.165) is 42.8 Å². The highest BCUT2D eigenvalue weighted by molar-refractivity contribution is 6.30. The Morgan fingerprint density at radius 2 is 1.40 bits per heavy atom. The van der Waals surface area contributed by atoms with Gasteiger partial charge in [0, 0.05) is 23.7 Å². The van der Waals surface area contributed by atoms with Crippen molar-refractivity contribution in [2.75, 3.05) is 6.54 Å². The van der Waals surface area contributed by atoms with Crippen LogP contribution in [0.2, 0.25) is 5.02 Å². The van der Waals surface area contributed by atoms with E-state index >= 15 is 0 Å². The molecule has 4 nitrogen and oxygen atoms in total. The number of carbonyl (C=O) groups excluding carboxylic acids is 1. The Morgan fingerprint density at radius 3 is 1.98 bits per heavy atom. The van der Waals surface area contributed by atoms with Crippen molar-refractivity contribution in [2.45, 2.75) is 44.1 Å². The second-order valence-corrected chi connectivity index (χ2v) is 11.6. The number of nitrogens with one attached hydrogen (secondary N) is 1. The largest absolute Gasteiger partial charge is 0.356 e. The van der Waals surface area contributed by atoms with Crippen LogP contribution in [-0.2, 0) is 29.6 Å². The SMILES string of the molecule is O=C(CCCc1ccc(Cl)cc1)NCC1CCc2ncn(C(c3ccccc3)(c3ccccc3)c3ccccc3)c2C1. The van der Waals surface area contributed by atoms with Gasteiger partial charge in [0.2, 0.25) is 5.91 Å². The molecule has 0 bridgehead atoms. The number of benzene rings is 4. The summed E-state index contributed by atoms with van der Waals surface area (Å²) in [6.07, 6.45) is 7.06. The van der Waals surface area contributed by atoms with Crippen LogP contribution in [0.4, 0.5) is 0 Å². The van der Waals surface area contributed by atoms with E-state index in [-0.39, 0.29) is 5.91 Å². The summed E-state index contributed by atoms with van der Waals surface area (Å²) in [4.78, 5) is 17.7. The molecule has 1 unspecified atom stereocenters. The lowest BCUT2D eigenvalue weighted by Crippen LogP contribution is -2.40. The monoisotopic (exact) mass is 573 g/mol. The minimum Gasteiger partial charge on any atom is -0.356 e. The van der Waals surface area contributed by atoms with E-state index in [1.807, 2.05) is 30.6 Å². The van der Waals surface area contributed by atoms with Crippen molar-refractivity contribution in [3.8, 4) is 0 Å². The van der Waals surface area contributed by atoms with Crippen LogP contribution in [0.25, 0.3) is 0 Å². The van der Waals surface area contributed by atoms with Gasteiger partial charge in [0.15, 0.2) is 0 Å². The molecule has 1 aliphatic rings. The Labute approximate surface area is 253 Å². The van der Waals surface area contributed by atoms with Gasteiger partial charge in [0.05, 0.1) is 12.0 Å². The Balaban J connectivity index is 1.25. The number of hydrogen-bond acceptors (Lipinski definition) is 2. The van der Waals surface area contributed by atoms with E-state index in [1.54, 1.807) is 0 Å². The molecule has 1 N–H and O–H groups in total. The van der Waals surface area contributed by atoms with E-state index in [4.69, 9.17) is 16.6 Å². The number of rotatable bonds is 10. The van der Waals surface area contributed by atoms with Crippen LogP contribution in [0.5, 0.6) is 0 Å². The van der Waals surface area contributed by atoms with Crippen molar-refractivity contribution >= 4 is 17.5 Å². The first-order valence-corrected chi connectivity index (χ1v) is 15.3. The summed E-state index contributed by atoms with van der Waals surface area (Å²) in [7, 11) is 0. The average molecular weight is 574 g/mol. The third-order valence-corrected chi connectivity index (χ3v) is 8.78. The summed E-state index contributed by atoms with van der Waals surface area (Å²) >= 11 is 5.99. The van der Waals surface area contributed by atoms with Gasteiger partial charge in [-0.1, -0.05) is 115 Å². The van der Waals surface area contributed by atoms with Crippen LogP contribution in [0.15, 0.2) is 122 Å². The zero-order valence-corrected chi connectivity index (χ0v) is 24.5. The molecule has 1 amide bonds. The average Bonchev–Trinajstić information content (AvgIpc) is 3.46. The number of nitrogens with zero attached hydrogens (tertiary/aromatic N) is 2. The van der Waals surface area contributed by atoms with Crippen molar-refractivity contribution in [2.24, 2.45) is 5.92 Å². The van der Waals surface area contributed by atoms with Crippen molar-refractivity contribution < 1.29 is 4.79 Å². The van der Waals surface area contributed by atoms with Crippen LogP contribution in [0.3, 0.4) is 0 Å². The highest BCUT2D eigenvalue weighted by Gasteiger charge is 2.41. The standard InChI is InChI=1S/C37H36ClN3O/c38-33-22-19-28(20-23-33)11-10-18-36(42)39-26-29-21-24-34-35(25-29)41(27-40-34)37(30-12-4-1-5-13-30,31-14-6-2-7-15-31)32-16-8-3-9-17-32/h1-9,12-17,19-20,22-23,27,29H,10-11,18,21,24-26H2,(H,39,42). The van der Waals surface area contributed by atoms with E-state index in [9.17, 15) is 4.79 Å². The van der Waals surface area contributed by atoms with Gasteiger partial charge in [0.1, 0.15) is 5.54 Å². The van der Waals surface area contributed by atoms with E-state index in [1.165, 1.54) is 27.9 Å². The number of carbonyl (C=O) groups is 1. The molecule has 0 aliphatic heterocycles. The molecule has 1 atom stereocenters. The molecule has 6 rings (SSSR count). The van der Waals surface area contributed by atoms with Crippen LogP contribution in [-0.4, -0.2) is 22.0 Å². The molecular weight excluding hydrogens is 538 g/mol. The summed E-state index contributed by atoms with van der Waals surface area (Å²) in [5, 5.41) is 3.97. The first kappa shape index (κ1) is 28.0. The van der Waals surface area contributed by atoms with Gasteiger partial charge in [-0.2, -0.15) is 0 Å². The van der Waals surface area contributed by atoms with E-state index in [0.29, 0.717) is 18.9 Å². The molecule has 4 aromatic carbocycles. The summed E-state index contributed by atoms with van der Waals surface area (Å²) in [5.41, 5.74) is 6.62. The van der Waals surface area contributed by atoms with Crippen molar-refractivity contribution in [1.29, 1.82) is 0 Å². The minimum absolute atomic E-state index is 0.121. The van der Waals surface area contributed by atoms with Crippen molar-refractivity contribution in [3.63, 3.8) is 0 Å². The van der Waals surface area contributed by atoms with Gasteiger partial charge < -0.3 is 9.88 Å². The summed E-state index contributed by atoms with van der Waals surface area (Å²) in [5.74, 6) is 0.476. The van der Waals surface area contributed by atoms with Gasteiger partial charge in [-0.15, -0.1) is 0 Å². The Morgan fingerprint density at radius 1 is 0.833 bits per heavy atom. The Hall–Kier alpha value is -4.15. The molecule has 212 valence electrons. The molecule has 5 heteroatoms. The van der Waals surface area contributed by atoms with E-state index in [2.05, 4.69) is 101 Å². The van der Waals surface area contributed by atoms with Crippen LogP contribution >= 0.6 is 11.6 Å². The van der Waals surface area contributed by atoms with Gasteiger partial charge in [-0.3, -0.25) is 4.79 Å². The topological polar surface area (TPSA) is 46.9 Å². The fourth-order valence-electron chi connectivity index (χ4n) is 6.42. The number of amides is 1. The number of hydrogen-bond donors (Lipinski definition) is 1. The van der Waals surface area contributed by atoms with Crippen LogP contribution in [0.1, 0.15) is 52.9 Å². The zero-order chi connectivity index (χ0) is 28.8. The molecule has 0 radical (unpaired) electrons. The maximum atomic E-state index is 12.8. The second kappa shape index (κ2) is 12.8. The van der Waals surface area contributed by atoms with Crippen molar-refractivity contribution in [3.05, 3.63) is 160 Å². The maximum Gasteiger partial charge on any atom is 0.220 e. The van der Waals surface area contributed by atoms with Gasteiger partial charge in [0.25, 0.3) is 0 Å². The molecule has 1 aromatic heterocycles. The molecular formula is C37H36ClN3O. The first-order chi connectivity index (χ1) is 20.6. The molecule has 1 heterocycles. The van der Waals surface area contributed by atoms with E-state index < -0.39 is 5.54 Å². The number of aryl methyl sites for hydroxylation is 2. The normalized spacial score (nSPS) is 14.7. The second-order valence-electron chi connectivity index (χ2n) is 11.2. The summed E-state index contributed by atoms with van der Waals surface area (Å²) in [6.45, 7) is 0.680. The molecule has 0 spiro atoms. The third-order valence-electron chi connectivity index (χ3n) is 8.53. The van der Waals surface area contributed by atoms with Gasteiger partial charge in [-0.05, 0) is 72.4 Å². The first-order valence-electron chi connectivity index (χ1n) is 14.9. The number of imidazole rings is 1. The highest BCUT2D eigenvalue weighted by Crippen LogP contribution is 2.43. The number of aromatic nitrogens is 2. The predicted molar refractivity (Wildman–Crippen MR) is 170 cm³/mol. The summed E-state index contributed by atoms with van der Waals surface area (Å²) < 4.78 is 2.41. The van der Waals surface area contributed by atoms with Crippen molar-refractivity contribution in [1.82, 2.24) is 14.9 Å². The number of fused-ring (bicyclic) bond motifs is 1. The molecule has 0 saturated heterocycles. The highest BCUT2D eigenvalue weighted by atomic mass is 35.5. The zero-order valence-electron chi connectivity index (χ0n) is 23.8. The molecule has 5 aromatic rings. The minimum atomic E-state index is -0.572. The quantitative estimate of drug-likeness (QED) is 0.175. The lowest BCUT2D eigenvalue weighted by molar-refractivity contribution is -0.121. The fourth-order valence-corrected chi connectivity index (χ4v) is 6.55. The Kier molecular flexibility index (Phi) is 8.52. The smallest absolute Gasteiger partial charge is 0.220 e. The van der Waals surface area contributed by atoms with Gasteiger partial charge >= 0.3 is 0 Å². The number of halogens is 1. The van der Waals surface area contributed by atoms with Crippen LogP contribution in [0, 0.1) is 5.92 Å². The maximum absolute atomic E-state index is 12.8. The lowest BCUT2D eigenvalue weighted by Gasteiger charge is -2.39. The summed E-state index contributed by atoms with van der Waals surface area (Å²) in [6, 6.07) is 40.1. The Bertz CT molecular complexity index is 1500. The van der Waals surface area contributed by atoms with Gasteiger partial charge in [-0.25, -0.2) is 4.98 Å². The fraction of sp³-hybridized carbons (Fsp3) is 0.243. The molecule has 0 fully saturated rings. The lowest BCUT2D eigenvalue weighted by atomic mass is 9.76. The molecule has 42 heavy (non-hydrogen) atoms. The molecule has 1 aliphatic carbocycles. The molecule has 0 saturated carbocycles.